The molecule has 0 aliphatic carbocycles. The molecule has 1 fully saturated rings. The van der Waals surface area contributed by atoms with Crippen molar-refractivity contribution in [1.29, 1.82) is 0 Å². The Morgan fingerprint density at radius 1 is 1.26 bits per heavy atom. The molecule has 1 aliphatic heterocycles. The lowest BCUT2D eigenvalue weighted by atomic mass is 10.2. The van der Waals surface area contributed by atoms with Gasteiger partial charge in [-0.15, -0.1) is 0 Å². The van der Waals surface area contributed by atoms with E-state index < -0.39 is 11.6 Å². The molecule has 0 saturated carbocycles. The van der Waals surface area contributed by atoms with Crippen LogP contribution in [-0.4, -0.2) is 56.1 Å². The summed E-state index contributed by atoms with van der Waals surface area (Å²) < 4.78 is 26.3. The molecule has 106 valence electrons. The molecule has 0 unspecified atom stereocenters. The lowest BCUT2D eigenvalue weighted by molar-refractivity contribution is 0.201. The van der Waals surface area contributed by atoms with Gasteiger partial charge in [-0.25, -0.2) is 8.78 Å². The average Bonchev–Trinajstić information content (AvgIpc) is 2.41. The van der Waals surface area contributed by atoms with Crippen LogP contribution in [0.2, 0.25) is 0 Å². The maximum Gasteiger partial charge on any atom is 0.130 e. The summed E-state index contributed by atoms with van der Waals surface area (Å²) >= 11 is 0. The zero-order valence-electron chi connectivity index (χ0n) is 11.3. The Hall–Kier alpha value is -1.04. The zero-order valence-corrected chi connectivity index (χ0v) is 11.3. The van der Waals surface area contributed by atoms with Gasteiger partial charge in [-0.2, -0.15) is 0 Å². The highest BCUT2D eigenvalue weighted by molar-refractivity contribution is 5.18. The SMILES string of the molecule is CN(CCN1CCNCC1)Cc1ccc(F)cc1F. The van der Waals surface area contributed by atoms with Crippen LogP contribution in [0, 0.1) is 11.6 Å². The second kappa shape index (κ2) is 6.93. The van der Waals surface area contributed by atoms with Crippen molar-refractivity contribution in [3.8, 4) is 0 Å². The van der Waals surface area contributed by atoms with Crippen molar-refractivity contribution in [3.05, 3.63) is 35.4 Å². The van der Waals surface area contributed by atoms with E-state index in [9.17, 15) is 8.78 Å². The highest BCUT2D eigenvalue weighted by atomic mass is 19.1. The molecule has 1 saturated heterocycles. The van der Waals surface area contributed by atoms with Crippen LogP contribution in [-0.2, 0) is 6.54 Å². The third kappa shape index (κ3) is 4.53. The van der Waals surface area contributed by atoms with E-state index >= 15 is 0 Å². The Morgan fingerprint density at radius 3 is 2.68 bits per heavy atom. The van der Waals surface area contributed by atoms with Gasteiger partial charge in [0.1, 0.15) is 11.6 Å². The van der Waals surface area contributed by atoms with E-state index in [-0.39, 0.29) is 0 Å². The summed E-state index contributed by atoms with van der Waals surface area (Å²) in [6.45, 7) is 6.60. The molecule has 1 heterocycles. The minimum atomic E-state index is -0.523. The Balaban J connectivity index is 1.78. The zero-order chi connectivity index (χ0) is 13.7. The van der Waals surface area contributed by atoms with E-state index in [1.807, 2.05) is 7.05 Å². The summed E-state index contributed by atoms with van der Waals surface area (Å²) in [7, 11) is 1.96. The summed E-state index contributed by atoms with van der Waals surface area (Å²) in [5.74, 6) is -0.987. The number of nitrogens with one attached hydrogen (secondary N) is 1. The Morgan fingerprint density at radius 2 is 2.00 bits per heavy atom. The molecule has 0 radical (unpaired) electrons. The first-order chi connectivity index (χ1) is 9.15. The van der Waals surface area contributed by atoms with Gasteiger partial charge in [-0.3, -0.25) is 4.90 Å². The molecule has 0 spiro atoms. The quantitative estimate of drug-likeness (QED) is 0.869. The minimum Gasteiger partial charge on any atom is -0.314 e. The van der Waals surface area contributed by atoms with E-state index in [0.717, 1.165) is 45.3 Å². The second-order valence-corrected chi connectivity index (χ2v) is 5.07. The number of piperazine rings is 1. The largest absolute Gasteiger partial charge is 0.314 e. The smallest absolute Gasteiger partial charge is 0.130 e. The van der Waals surface area contributed by atoms with Crippen LogP contribution >= 0.6 is 0 Å². The van der Waals surface area contributed by atoms with Gasteiger partial charge < -0.3 is 10.2 Å². The molecule has 1 aromatic rings. The average molecular weight is 269 g/mol. The van der Waals surface area contributed by atoms with Crippen molar-refractivity contribution in [2.24, 2.45) is 0 Å². The molecule has 1 N–H and O–H groups in total. The maximum atomic E-state index is 13.5. The van der Waals surface area contributed by atoms with Crippen LogP contribution in [0.4, 0.5) is 8.78 Å². The van der Waals surface area contributed by atoms with Crippen LogP contribution in [0.1, 0.15) is 5.56 Å². The molecule has 1 aromatic carbocycles. The van der Waals surface area contributed by atoms with E-state index in [2.05, 4.69) is 15.1 Å². The molecular formula is C14H21F2N3. The Labute approximate surface area is 113 Å². The van der Waals surface area contributed by atoms with E-state index in [1.54, 1.807) is 0 Å². The van der Waals surface area contributed by atoms with Crippen molar-refractivity contribution in [2.45, 2.75) is 6.54 Å². The first-order valence-electron chi connectivity index (χ1n) is 6.71. The van der Waals surface area contributed by atoms with E-state index in [4.69, 9.17) is 0 Å². The Kier molecular flexibility index (Phi) is 5.24. The molecule has 0 aromatic heterocycles. The number of benzene rings is 1. The molecule has 1 aliphatic rings. The van der Waals surface area contributed by atoms with Gasteiger partial charge >= 0.3 is 0 Å². The summed E-state index contributed by atoms with van der Waals surface area (Å²) in [6.07, 6.45) is 0. The van der Waals surface area contributed by atoms with Crippen LogP contribution in [0.3, 0.4) is 0 Å². The van der Waals surface area contributed by atoms with Crippen molar-refractivity contribution >= 4 is 0 Å². The standard InChI is InChI=1S/C14H21F2N3/c1-18(8-9-19-6-4-17-5-7-19)11-12-2-3-13(15)10-14(12)16/h2-3,10,17H,4-9,11H2,1H3. The topological polar surface area (TPSA) is 18.5 Å². The number of rotatable bonds is 5. The highest BCUT2D eigenvalue weighted by Gasteiger charge is 2.11. The Bertz CT molecular complexity index is 406. The lowest BCUT2D eigenvalue weighted by Crippen LogP contribution is -2.45. The van der Waals surface area contributed by atoms with Crippen LogP contribution in [0.5, 0.6) is 0 Å². The van der Waals surface area contributed by atoms with Gasteiger partial charge in [0.25, 0.3) is 0 Å². The molecule has 3 nitrogen and oxygen atoms in total. The first kappa shape index (κ1) is 14.4. The molecule has 19 heavy (non-hydrogen) atoms. The third-order valence-corrected chi connectivity index (χ3v) is 3.46. The van der Waals surface area contributed by atoms with E-state index in [0.29, 0.717) is 12.1 Å². The summed E-state index contributed by atoms with van der Waals surface area (Å²) in [4.78, 5) is 4.46. The molecule has 2 rings (SSSR count). The molecular weight excluding hydrogens is 248 g/mol. The lowest BCUT2D eigenvalue weighted by Gasteiger charge is -2.29. The van der Waals surface area contributed by atoms with Crippen molar-refractivity contribution in [1.82, 2.24) is 15.1 Å². The number of likely N-dealkylation sites (N-methyl/N-ethyl adjacent to an activating group) is 1. The van der Waals surface area contributed by atoms with Gasteiger partial charge in [0.2, 0.25) is 0 Å². The monoisotopic (exact) mass is 269 g/mol. The molecule has 0 amide bonds. The number of halogens is 2. The van der Waals surface area contributed by atoms with Crippen LogP contribution in [0.25, 0.3) is 0 Å². The number of hydrogen-bond acceptors (Lipinski definition) is 3. The van der Waals surface area contributed by atoms with Crippen molar-refractivity contribution in [2.75, 3.05) is 46.3 Å². The first-order valence-corrected chi connectivity index (χ1v) is 6.71. The normalized spacial score (nSPS) is 17.1. The second-order valence-electron chi connectivity index (χ2n) is 5.07. The van der Waals surface area contributed by atoms with Gasteiger partial charge in [-0.05, 0) is 13.1 Å². The summed E-state index contributed by atoms with van der Waals surface area (Å²) in [6, 6.07) is 3.77. The molecule has 0 atom stereocenters. The van der Waals surface area contributed by atoms with Gasteiger partial charge in [0.15, 0.2) is 0 Å². The fourth-order valence-corrected chi connectivity index (χ4v) is 2.27. The summed E-state index contributed by atoms with van der Waals surface area (Å²) in [5.41, 5.74) is 0.546. The highest BCUT2D eigenvalue weighted by Crippen LogP contribution is 2.11. The van der Waals surface area contributed by atoms with Gasteiger partial charge in [0, 0.05) is 57.4 Å². The predicted octanol–water partition coefficient (Wildman–Crippen LogP) is 1.30. The fraction of sp³-hybridized carbons (Fsp3) is 0.571. The summed E-state index contributed by atoms with van der Waals surface area (Å²) in [5, 5.41) is 3.31. The van der Waals surface area contributed by atoms with Crippen molar-refractivity contribution < 1.29 is 8.78 Å². The van der Waals surface area contributed by atoms with Gasteiger partial charge in [0.05, 0.1) is 0 Å². The predicted molar refractivity (Wildman–Crippen MR) is 72.0 cm³/mol. The minimum absolute atomic E-state index is 0.464. The molecule has 0 bridgehead atoms. The number of hydrogen-bond donors (Lipinski definition) is 1. The van der Waals surface area contributed by atoms with Gasteiger partial charge in [-0.1, -0.05) is 6.07 Å². The fourth-order valence-electron chi connectivity index (χ4n) is 2.27. The van der Waals surface area contributed by atoms with Crippen LogP contribution < -0.4 is 5.32 Å². The number of nitrogens with zero attached hydrogens (tertiary/aromatic N) is 2. The third-order valence-electron chi connectivity index (χ3n) is 3.46. The van der Waals surface area contributed by atoms with Crippen molar-refractivity contribution in [3.63, 3.8) is 0 Å². The van der Waals surface area contributed by atoms with Crippen LogP contribution in [0.15, 0.2) is 18.2 Å². The van der Waals surface area contributed by atoms with E-state index in [1.165, 1.54) is 12.1 Å². The molecule has 5 heteroatoms. The maximum absolute atomic E-state index is 13.5.